The molecule has 0 aliphatic rings. The highest BCUT2D eigenvalue weighted by atomic mass is 35.5. The first kappa shape index (κ1) is 14.6. The van der Waals surface area contributed by atoms with Gasteiger partial charge in [0.25, 0.3) is 0 Å². The van der Waals surface area contributed by atoms with Crippen LogP contribution in [-0.2, 0) is 6.18 Å². The van der Waals surface area contributed by atoms with E-state index < -0.39 is 23.6 Å². The summed E-state index contributed by atoms with van der Waals surface area (Å²) in [5.74, 6) is -0.580. The predicted octanol–water partition coefficient (Wildman–Crippen LogP) is 2.56. The van der Waals surface area contributed by atoms with Gasteiger partial charge in [0.05, 0.1) is 23.1 Å². The summed E-state index contributed by atoms with van der Waals surface area (Å²) in [7, 11) is 0. The minimum Gasteiger partial charge on any atom is -0.490 e. The maximum absolute atomic E-state index is 12.7. The Morgan fingerprint density at radius 2 is 2.11 bits per heavy atom. The zero-order chi connectivity index (χ0) is 13.8. The van der Waals surface area contributed by atoms with Gasteiger partial charge < -0.3 is 9.84 Å². The molecule has 1 rings (SSSR count). The summed E-state index contributed by atoms with van der Waals surface area (Å²) in [6.07, 6.45) is -5.68. The highest BCUT2D eigenvalue weighted by molar-refractivity contribution is 6.18. The van der Waals surface area contributed by atoms with Crippen molar-refractivity contribution in [1.29, 1.82) is 5.26 Å². The van der Waals surface area contributed by atoms with E-state index in [1.165, 1.54) is 6.07 Å². The number of nitriles is 1. The van der Waals surface area contributed by atoms with Crippen molar-refractivity contribution in [3.63, 3.8) is 0 Å². The van der Waals surface area contributed by atoms with Crippen molar-refractivity contribution in [3.05, 3.63) is 29.3 Å². The van der Waals surface area contributed by atoms with Crippen LogP contribution in [0.5, 0.6) is 5.75 Å². The summed E-state index contributed by atoms with van der Waals surface area (Å²) in [4.78, 5) is 0. The van der Waals surface area contributed by atoms with Gasteiger partial charge in [0.15, 0.2) is 0 Å². The van der Waals surface area contributed by atoms with Crippen LogP contribution in [0.2, 0.25) is 0 Å². The monoisotopic (exact) mass is 279 g/mol. The van der Waals surface area contributed by atoms with Crippen molar-refractivity contribution >= 4 is 11.6 Å². The van der Waals surface area contributed by atoms with E-state index in [4.69, 9.17) is 26.7 Å². The van der Waals surface area contributed by atoms with Crippen LogP contribution in [0.25, 0.3) is 0 Å². The molecule has 1 atom stereocenters. The Balaban J connectivity index is 3.01. The van der Waals surface area contributed by atoms with Gasteiger partial charge in [-0.25, -0.2) is 0 Å². The van der Waals surface area contributed by atoms with E-state index in [-0.39, 0.29) is 18.1 Å². The number of aliphatic hydroxyl groups excluding tert-OH is 1. The van der Waals surface area contributed by atoms with Crippen LogP contribution < -0.4 is 4.74 Å². The highest BCUT2D eigenvalue weighted by Crippen LogP contribution is 2.36. The number of aliphatic hydroxyl groups is 1. The lowest BCUT2D eigenvalue weighted by atomic mass is 10.1. The summed E-state index contributed by atoms with van der Waals surface area (Å²) in [6.45, 7) is -0.349. The first-order valence-corrected chi connectivity index (χ1v) is 5.40. The third-order valence-electron chi connectivity index (χ3n) is 2.02. The van der Waals surface area contributed by atoms with E-state index in [1.54, 1.807) is 6.07 Å². The van der Waals surface area contributed by atoms with Crippen LogP contribution in [0.3, 0.4) is 0 Å². The first-order chi connectivity index (χ1) is 8.38. The van der Waals surface area contributed by atoms with Crippen LogP contribution in [0.1, 0.15) is 11.1 Å². The number of rotatable bonds is 4. The fourth-order valence-electron chi connectivity index (χ4n) is 1.18. The second-order valence-electron chi connectivity index (χ2n) is 3.44. The molecular formula is C11H9ClF3NO2. The normalized spacial score (nSPS) is 12.9. The largest absolute Gasteiger partial charge is 0.490 e. The number of alkyl halides is 4. The molecule has 7 heteroatoms. The Kier molecular flexibility index (Phi) is 4.82. The molecule has 1 aromatic carbocycles. The number of ether oxygens (including phenoxy) is 1. The van der Waals surface area contributed by atoms with Crippen LogP contribution in [0.4, 0.5) is 13.2 Å². The lowest BCUT2D eigenvalue weighted by Gasteiger charge is -2.15. The zero-order valence-corrected chi connectivity index (χ0v) is 9.79. The molecule has 0 bridgehead atoms. The average Bonchev–Trinajstić information content (AvgIpc) is 2.34. The van der Waals surface area contributed by atoms with Crippen molar-refractivity contribution in [3.8, 4) is 11.8 Å². The Hall–Kier alpha value is -1.45. The van der Waals surface area contributed by atoms with Crippen LogP contribution in [-0.4, -0.2) is 23.7 Å². The van der Waals surface area contributed by atoms with E-state index >= 15 is 0 Å². The molecule has 0 amide bonds. The molecule has 0 aliphatic carbocycles. The standard InChI is InChI=1S/C11H9ClF3NO2/c12-4-8(17)6-18-10-2-1-7(5-16)3-9(10)11(13,14)15/h1-3,8,17H,4,6H2. The quantitative estimate of drug-likeness (QED) is 0.862. The molecule has 0 radical (unpaired) electrons. The van der Waals surface area contributed by atoms with Crippen LogP contribution in [0.15, 0.2) is 18.2 Å². The number of hydrogen-bond donors (Lipinski definition) is 1. The smallest absolute Gasteiger partial charge is 0.420 e. The fraction of sp³-hybridized carbons (Fsp3) is 0.364. The van der Waals surface area contributed by atoms with E-state index in [2.05, 4.69) is 0 Å². The van der Waals surface area contributed by atoms with Crippen molar-refractivity contribution in [2.45, 2.75) is 12.3 Å². The molecule has 0 saturated heterocycles. The molecule has 1 unspecified atom stereocenters. The van der Waals surface area contributed by atoms with E-state index in [1.807, 2.05) is 0 Å². The summed E-state index contributed by atoms with van der Waals surface area (Å²) in [5, 5.41) is 17.7. The average molecular weight is 280 g/mol. The van der Waals surface area contributed by atoms with Crippen molar-refractivity contribution in [1.82, 2.24) is 0 Å². The molecule has 0 heterocycles. The van der Waals surface area contributed by atoms with Gasteiger partial charge in [-0.1, -0.05) is 0 Å². The fourth-order valence-corrected chi connectivity index (χ4v) is 1.27. The Morgan fingerprint density at radius 1 is 1.44 bits per heavy atom. The van der Waals surface area contributed by atoms with Gasteiger partial charge in [-0.15, -0.1) is 11.6 Å². The van der Waals surface area contributed by atoms with E-state index in [9.17, 15) is 13.2 Å². The number of nitrogens with zero attached hydrogens (tertiary/aromatic N) is 1. The molecule has 18 heavy (non-hydrogen) atoms. The molecule has 0 spiro atoms. The van der Waals surface area contributed by atoms with Crippen molar-refractivity contribution < 1.29 is 23.0 Å². The number of hydrogen-bond acceptors (Lipinski definition) is 3. The van der Waals surface area contributed by atoms with E-state index in [0.29, 0.717) is 6.07 Å². The molecule has 0 aliphatic heterocycles. The zero-order valence-electron chi connectivity index (χ0n) is 9.04. The van der Waals surface area contributed by atoms with Crippen LogP contribution >= 0.6 is 11.6 Å². The maximum atomic E-state index is 12.7. The predicted molar refractivity (Wildman–Crippen MR) is 58.4 cm³/mol. The third kappa shape index (κ3) is 3.79. The summed E-state index contributed by atoms with van der Waals surface area (Å²) in [5.41, 5.74) is -1.17. The lowest BCUT2D eigenvalue weighted by Crippen LogP contribution is -2.20. The Bertz CT molecular complexity index is 457. The topological polar surface area (TPSA) is 53.2 Å². The molecule has 1 N–H and O–H groups in total. The summed E-state index contributed by atoms with van der Waals surface area (Å²) < 4.78 is 42.9. The summed E-state index contributed by atoms with van der Waals surface area (Å²) >= 11 is 5.30. The summed E-state index contributed by atoms with van der Waals surface area (Å²) in [6, 6.07) is 4.56. The first-order valence-electron chi connectivity index (χ1n) is 4.86. The van der Waals surface area contributed by atoms with Gasteiger partial charge in [0.1, 0.15) is 18.5 Å². The van der Waals surface area contributed by atoms with Gasteiger partial charge in [0.2, 0.25) is 0 Å². The third-order valence-corrected chi connectivity index (χ3v) is 2.38. The van der Waals surface area contributed by atoms with Gasteiger partial charge in [-0.05, 0) is 18.2 Å². The van der Waals surface area contributed by atoms with Gasteiger partial charge in [-0.3, -0.25) is 0 Å². The molecular weight excluding hydrogens is 271 g/mol. The Morgan fingerprint density at radius 3 is 2.61 bits per heavy atom. The molecule has 0 saturated carbocycles. The minimum atomic E-state index is -4.63. The van der Waals surface area contributed by atoms with Crippen molar-refractivity contribution in [2.24, 2.45) is 0 Å². The van der Waals surface area contributed by atoms with Gasteiger partial charge in [-0.2, -0.15) is 18.4 Å². The maximum Gasteiger partial charge on any atom is 0.420 e. The van der Waals surface area contributed by atoms with Gasteiger partial charge in [0, 0.05) is 0 Å². The van der Waals surface area contributed by atoms with Crippen molar-refractivity contribution in [2.75, 3.05) is 12.5 Å². The highest BCUT2D eigenvalue weighted by Gasteiger charge is 2.34. The second kappa shape index (κ2) is 5.94. The Labute approximate surface area is 106 Å². The SMILES string of the molecule is N#Cc1ccc(OCC(O)CCl)c(C(F)(F)F)c1. The van der Waals surface area contributed by atoms with Gasteiger partial charge >= 0.3 is 6.18 Å². The number of benzene rings is 1. The van der Waals surface area contributed by atoms with Crippen LogP contribution in [0, 0.1) is 11.3 Å². The molecule has 1 aromatic rings. The number of halogens is 4. The van der Waals surface area contributed by atoms with E-state index in [0.717, 1.165) is 6.07 Å². The minimum absolute atomic E-state index is 0.118. The molecule has 3 nitrogen and oxygen atoms in total. The molecule has 98 valence electrons. The molecule has 0 fully saturated rings. The molecule has 0 aromatic heterocycles. The lowest BCUT2D eigenvalue weighted by molar-refractivity contribution is -0.139. The second-order valence-corrected chi connectivity index (χ2v) is 3.75.